The largest absolute Gasteiger partial charge is 0.508 e. The first kappa shape index (κ1) is 9.34. The molecule has 1 aliphatic carbocycles. The molecule has 1 aromatic carbocycles. The Morgan fingerprint density at radius 1 is 1.21 bits per heavy atom. The lowest BCUT2D eigenvalue weighted by Crippen LogP contribution is -2.20. The molecule has 0 aliphatic heterocycles. The maximum atomic E-state index is 9.11. The summed E-state index contributed by atoms with van der Waals surface area (Å²) >= 11 is 0. The molecule has 3 heteroatoms. The fourth-order valence-electron chi connectivity index (χ4n) is 1.94. The summed E-state index contributed by atoms with van der Waals surface area (Å²) in [6.45, 7) is 0. The Balaban J connectivity index is 1.94. The van der Waals surface area contributed by atoms with Crippen LogP contribution in [0.15, 0.2) is 24.3 Å². The minimum atomic E-state index is 0.304. The zero-order valence-electron chi connectivity index (χ0n) is 8.11. The first-order chi connectivity index (χ1) is 6.74. The summed E-state index contributed by atoms with van der Waals surface area (Å²) < 4.78 is 0. The number of anilines is 1. The van der Waals surface area contributed by atoms with Crippen LogP contribution in [0.25, 0.3) is 0 Å². The number of benzene rings is 1. The normalized spacial score (nSPS) is 26.4. The molecule has 0 amide bonds. The fourth-order valence-corrected chi connectivity index (χ4v) is 1.94. The van der Waals surface area contributed by atoms with E-state index in [1.807, 2.05) is 12.1 Å². The average Bonchev–Trinajstić information content (AvgIpc) is 2.56. The summed E-state index contributed by atoms with van der Waals surface area (Å²) in [6.07, 6.45) is 3.29. The Kier molecular flexibility index (Phi) is 2.59. The SMILES string of the molecule is NC1CCC(Nc2ccc(O)cc2)C1. The Morgan fingerprint density at radius 3 is 2.50 bits per heavy atom. The van der Waals surface area contributed by atoms with Crippen LogP contribution in [-0.2, 0) is 0 Å². The van der Waals surface area contributed by atoms with Gasteiger partial charge in [0.25, 0.3) is 0 Å². The van der Waals surface area contributed by atoms with Crippen LogP contribution in [0.3, 0.4) is 0 Å². The molecule has 3 nitrogen and oxygen atoms in total. The summed E-state index contributed by atoms with van der Waals surface area (Å²) in [5.41, 5.74) is 6.88. The molecule has 0 spiro atoms. The highest BCUT2D eigenvalue weighted by Crippen LogP contribution is 2.22. The number of phenolic OH excluding ortho intramolecular Hbond substituents is 1. The Hall–Kier alpha value is -1.22. The topological polar surface area (TPSA) is 58.3 Å². The van der Waals surface area contributed by atoms with E-state index in [2.05, 4.69) is 5.32 Å². The Bertz CT molecular complexity index is 297. The summed E-state index contributed by atoms with van der Waals surface area (Å²) in [7, 11) is 0. The third-order valence-corrected chi connectivity index (χ3v) is 2.71. The van der Waals surface area contributed by atoms with Gasteiger partial charge in [0.1, 0.15) is 5.75 Å². The average molecular weight is 192 g/mol. The standard InChI is InChI=1S/C11H16N2O/c12-8-1-2-10(7-8)13-9-3-5-11(14)6-4-9/h3-6,8,10,13-14H,1-2,7,12H2. The molecule has 14 heavy (non-hydrogen) atoms. The monoisotopic (exact) mass is 192 g/mol. The predicted octanol–water partition coefficient (Wildman–Crippen LogP) is 1.68. The minimum absolute atomic E-state index is 0.304. The van der Waals surface area contributed by atoms with Gasteiger partial charge in [0.15, 0.2) is 0 Å². The Morgan fingerprint density at radius 2 is 1.93 bits per heavy atom. The van der Waals surface area contributed by atoms with Gasteiger partial charge in [0.05, 0.1) is 0 Å². The van der Waals surface area contributed by atoms with Gasteiger partial charge in [-0.25, -0.2) is 0 Å². The summed E-state index contributed by atoms with van der Waals surface area (Å²) in [5, 5.41) is 12.5. The second-order valence-electron chi connectivity index (χ2n) is 3.96. The highest BCUT2D eigenvalue weighted by atomic mass is 16.3. The van der Waals surface area contributed by atoms with Crippen molar-refractivity contribution in [3.63, 3.8) is 0 Å². The van der Waals surface area contributed by atoms with E-state index in [4.69, 9.17) is 10.8 Å². The molecule has 0 aromatic heterocycles. The molecule has 0 bridgehead atoms. The molecule has 1 aliphatic rings. The molecular formula is C11H16N2O. The van der Waals surface area contributed by atoms with E-state index in [-0.39, 0.29) is 0 Å². The lowest BCUT2D eigenvalue weighted by Gasteiger charge is -2.13. The number of rotatable bonds is 2. The number of hydrogen-bond acceptors (Lipinski definition) is 3. The van der Waals surface area contributed by atoms with Crippen LogP contribution in [0, 0.1) is 0 Å². The third-order valence-electron chi connectivity index (χ3n) is 2.71. The number of nitrogens with two attached hydrogens (primary N) is 1. The highest BCUT2D eigenvalue weighted by Gasteiger charge is 2.21. The molecule has 1 saturated carbocycles. The summed E-state index contributed by atoms with van der Waals surface area (Å²) in [5.74, 6) is 0.304. The van der Waals surface area contributed by atoms with Gasteiger partial charge in [-0.2, -0.15) is 0 Å². The Labute approximate surface area is 83.9 Å². The van der Waals surface area contributed by atoms with Crippen LogP contribution in [0.4, 0.5) is 5.69 Å². The van der Waals surface area contributed by atoms with Crippen molar-refractivity contribution in [2.45, 2.75) is 31.3 Å². The van der Waals surface area contributed by atoms with Crippen molar-refractivity contribution in [1.29, 1.82) is 0 Å². The van der Waals surface area contributed by atoms with Crippen molar-refractivity contribution in [1.82, 2.24) is 0 Å². The van der Waals surface area contributed by atoms with E-state index in [1.54, 1.807) is 12.1 Å². The van der Waals surface area contributed by atoms with E-state index in [9.17, 15) is 0 Å². The fraction of sp³-hybridized carbons (Fsp3) is 0.455. The van der Waals surface area contributed by atoms with Gasteiger partial charge in [-0.05, 0) is 43.5 Å². The molecule has 2 rings (SSSR count). The molecule has 2 unspecified atom stereocenters. The molecule has 4 N–H and O–H groups in total. The smallest absolute Gasteiger partial charge is 0.115 e. The van der Waals surface area contributed by atoms with Crippen molar-refractivity contribution < 1.29 is 5.11 Å². The molecular weight excluding hydrogens is 176 g/mol. The molecule has 2 atom stereocenters. The predicted molar refractivity (Wildman–Crippen MR) is 57.3 cm³/mol. The van der Waals surface area contributed by atoms with E-state index in [1.165, 1.54) is 0 Å². The van der Waals surface area contributed by atoms with E-state index in [0.717, 1.165) is 24.9 Å². The van der Waals surface area contributed by atoms with Gasteiger partial charge in [0, 0.05) is 17.8 Å². The van der Waals surface area contributed by atoms with E-state index in [0.29, 0.717) is 17.8 Å². The third kappa shape index (κ3) is 2.17. The van der Waals surface area contributed by atoms with E-state index >= 15 is 0 Å². The number of aromatic hydroxyl groups is 1. The van der Waals surface area contributed by atoms with Crippen LogP contribution in [0.2, 0.25) is 0 Å². The van der Waals surface area contributed by atoms with Crippen molar-refractivity contribution in [2.75, 3.05) is 5.32 Å². The van der Waals surface area contributed by atoms with Crippen molar-refractivity contribution in [2.24, 2.45) is 5.73 Å². The quantitative estimate of drug-likeness (QED) is 0.625. The lowest BCUT2D eigenvalue weighted by molar-refractivity contribution is 0.475. The molecule has 1 aromatic rings. The van der Waals surface area contributed by atoms with Crippen LogP contribution in [-0.4, -0.2) is 17.2 Å². The van der Waals surface area contributed by atoms with Crippen LogP contribution in [0.1, 0.15) is 19.3 Å². The first-order valence-corrected chi connectivity index (χ1v) is 5.05. The lowest BCUT2D eigenvalue weighted by atomic mass is 10.2. The first-order valence-electron chi connectivity index (χ1n) is 5.05. The molecule has 0 saturated heterocycles. The van der Waals surface area contributed by atoms with Crippen LogP contribution in [0.5, 0.6) is 5.75 Å². The van der Waals surface area contributed by atoms with Gasteiger partial charge < -0.3 is 16.2 Å². The number of nitrogens with one attached hydrogen (secondary N) is 1. The van der Waals surface area contributed by atoms with Gasteiger partial charge in [-0.1, -0.05) is 0 Å². The zero-order chi connectivity index (χ0) is 9.97. The van der Waals surface area contributed by atoms with Crippen LogP contribution >= 0.6 is 0 Å². The van der Waals surface area contributed by atoms with Gasteiger partial charge in [-0.15, -0.1) is 0 Å². The van der Waals surface area contributed by atoms with Crippen molar-refractivity contribution in [3.05, 3.63) is 24.3 Å². The molecule has 0 heterocycles. The van der Waals surface area contributed by atoms with Crippen molar-refractivity contribution >= 4 is 5.69 Å². The van der Waals surface area contributed by atoms with Gasteiger partial charge in [-0.3, -0.25) is 0 Å². The number of phenols is 1. The summed E-state index contributed by atoms with van der Waals surface area (Å²) in [4.78, 5) is 0. The summed E-state index contributed by atoms with van der Waals surface area (Å²) in [6, 6.07) is 8.01. The second-order valence-corrected chi connectivity index (χ2v) is 3.96. The maximum absolute atomic E-state index is 9.11. The zero-order valence-corrected chi connectivity index (χ0v) is 8.11. The maximum Gasteiger partial charge on any atom is 0.115 e. The minimum Gasteiger partial charge on any atom is -0.508 e. The van der Waals surface area contributed by atoms with Crippen molar-refractivity contribution in [3.8, 4) is 5.75 Å². The highest BCUT2D eigenvalue weighted by molar-refractivity contribution is 5.46. The van der Waals surface area contributed by atoms with Crippen LogP contribution < -0.4 is 11.1 Å². The number of hydrogen-bond donors (Lipinski definition) is 3. The second kappa shape index (κ2) is 3.88. The molecule has 1 fully saturated rings. The van der Waals surface area contributed by atoms with Gasteiger partial charge in [0.2, 0.25) is 0 Å². The molecule has 76 valence electrons. The van der Waals surface area contributed by atoms with Gasteiger partial charge >= 0.3 is 0 Å². The molecule has 0 radical (unpaired) electrons. The van der Waals surface area contributed by atoms with E-state index < -0.39 is 0 Å².